The van der Waals surface area contributed by atoms with E-state index in [1.165, 1.54) is 32.1 Å². The Morgan fingerprint density at radius 3 is 2.08 bits per heavy atom. The predicted octanol–water partition coefficient (Wildman–Crippen LogP) is 5.10. The van der Waals surface area contributed by atoms with E-state index in [2.05, 4.69) is 50.2 Å². The highest BCUT2D eigenvalue weighted by Crippen LogP contribution is 2.42. The molecule has 1 aromatic carbocycles. The summed E-state index contributed by atoms with van der Waals surface area (Å²) in [6.45, 7) is 14.8. The Morgan fingerprint density at radius 2 is 1.65 bits per heavy atom. The Balaban J connectivity index is -0.000000728. The second-order valence-corrected chi connectivity index (χ2v) is 10.3. The minimum Gasteiger partial charge on any atom is -0.497 e. The zero-order valence-corrected chi connectivity index (χ0v) is 27.6. The summed E-state index contributed by atoms with van der Waals surface area (Å²) < 4.78 is 36.9. The summed E-state index contributed by atoms with van der Waals surface area (Å²) in [5, 5.41) is 12.1. The molecule has 0 radical (unpaired) electrons. The molecular weight excluding hydrogens is 651 g/mol. The summed E-state index contributed by atoms with van der Waals surface area (Å²) >= 11 is 0. The highest BCUT2D eigenvalue weighted by Gasteiger charge is 2.42. The van der Waals surface area contributed by atoms with E-state index in [0.717, 1.165) is 41.7 Å². The van der Waals surface area contributed by atoms with Crippen LogP contribution in [0.1, 0.15) is 77.9 Å². The van der Waals surface area contributed by atoms with Crippen LogP contribution in [0.5, 0.6) is 5.75 Å². The Labute approximate surface area is 257 Å². The lowest BCUT2D eigenvalue weighted by Crippen LogP contribution is -2.54. The quantitative estimate of drug-likeness (QED) is 0.211. The van der Waals surface area contributed by atoms with Crippen LogP contribution >= 0.6 is 24.0 Å². The highest BCUT2D eigenvalue weighted by atomic mass is 127. The molecule has 3 aliphatic heterocycles. The van der Waals surface area contributed by atoms with Crippen molar-refractivity contribution in [3.8, 4) is 5.75 Å². The van der Waals surface area contributed by atoms with E-state index in [0.29, 0.717) is 11.8 Å². The van der Waals surface area contributed by atoms with E-state index < -0.39 is 16.5 Å². The number of hydrogen-bond acceptors (Lipinski definition) is 6. The molecule has 3 fully saturated rings. The molecule has 7 N–H and O–H groups in total. The molecule has 3 saturated heterocycles. The van der Waals surface area contributed by atoms with Gasteiger partial charge in [-0.15, -0.1) is 30.6 Å². The number of aliphatic hydroxyl groups is 1. The first-order valence-corrected chi connectivity index (χ1v) is 14.6. The summed E-state index contributed by atoms with van der Waals surface area (Å²) in [4.78, 5) is 6.86. The lowest BCUT2D eigenvalue weighted by molar-refractivity contribution is -0.0444. The summed E-state index contributed by atoms with van der Waals surface area (Å²) in [6, 6.07) is 7.96. The molecule has 1 aromatic heterocycles. The van der Waals surface area contributed by atoms with Crippen molar-refractivity contribution in [3.05, 3.63) is 48.7 Å². The van der Waals surface area contributed by atoms with E-state index in [1.807, 2.05) is 24.3 Å². The van der Waals surface area contributed by atoms with Crippen LogP contribution in [0.25, 0.3) is 10.9 Å². The van der Waals surface area contributed by atoms with Crippen molar-refractivity contribution in [2.75, 3.05) is 20.2 Å². The van der Waals surface area contributed by atoms with Gasteiger partial charge in [0.25, 0.3) is 0 Å². The van der Waals surface area contributed by atoms with E-state index in [9.17, 15) is 5.11 Å². The number of nitrogens with zero attached hydrogens (tertiary/aromatic N) is 2. The van der Waals surface area contributed by atoms with Crippen LogP contribution in [0.4, 0.5) is 0 Å². The largest absolute Gasteiger partial charge is 0.497 e. The normalized spacial score (nSPS) is 21.1. The molecule has 5 rings (SSSR count). The molecule has 3 aliphatic rings. The first-order chi connectivity index (χ1) is 17.5. The van der Waals surface area contributed by atoms with Crippen LogP contribution in [-0.2, 0) is 10.4 Å². The minimum atomic E-state index is -4.67. The van der Waals surface area contributed by atoms with Gasteiger partial charge in [0.15, 0.2) is 0 Å². The van der Waals surface area contributed by atoms with Crippen molar-refractivity contribution < 1.29 is 38.3 Å². The lowest BCUT2D eigenvalue weighted by atomic mass is 9.73. The Hall–Kier alpha value is -1.39. The molecule has 2 unspecified atom stereocenters. The topological polar surface area (TPSA) is 183 Å². The van der Waals surface area contributed by atoms with Gasteiger partial charge in [-0.25, -0.2) is 0 Å². The maximum absolute atomic E-state index is 11.2. The molecule has 234 valence electrons. The molecule has 0 aliphatic carbocycles. The zero-order valence-electron chi connectivity index (χ0n) is 24.4. The Kier molecular flexibility index (Phi) is 23.9. The van der Waals surface area contributed by atoms with Crippen LogP contribution in [0.3, 0.4) is 0 Å². The van der Waals surface area contributed by atoms with Crippen LogP contribution in [0.2, 0.25) is 0 Å². The van der Waals surface area contributed by atoms with Crippen molar-refractivity contribution >= 4 is 45.3 Å². The fourth-order valence-electron chi connectivity index (χ4n) is 4.44. The fraction of sp³-hybridized carbons (Fsp3) is 0.607. The van der Waals surface area contributed by atoms with Crippen LogP contribution in [-0.4, -0.2) is 69.7 Å². The second-order valence-electron chi connectivity index (χ2n) is 9.42. The third kappa shape index (κ3) is 14.5. The monoisotopic (exact) mass is 702 g/mol. The molecule has 2 bridgehead atoms. The average molecular weight is 703 g/mol. The van der Waals surface area contributed by atoms with Gasteiger partial charge in [-0.1, -0.05) is 59.5 Å². The van der Waals surface area contributed by atoms with Gasteiger partial charge in [-0.05, 0) is 61.1 Å². The Bertz CT molecular complexity index is 1040. The van der Waals surface area contributed by atoms with Gasteiger partial charge < -0.3 is 20.8 Å². The number of ether oxygens (including phenoxy) is 1. The van der Waals surface area contributed by atoms with Gasteiger partial charge >= 0.3 is 10.4 Å². The van der Waals surface area contributed by atoms with Crippen LogP contribution < -0.4 is 4.74 Å². The van der Waals surface area contributed by atoms with Crippen LogP contribution in [0, 0.1) is 11.8 Å². The maximum Gasteiger partial charge on any atom is 0.394 e. The van der Waals surface area contributed by atoms with Gasteiger partial charge in [0, 0.05) is 24.2 Å². The summed E-state index contributed by atoms with van der Waals surface area (Å²) in [7, 11) is -3.01. The first-order valence-electron chi connectivity index (χ1n) is 13.2. The number of halogens is 1. The van der Waals surface area contributed by atoms with Gasteiger partial charge in [0.1, 0.15) is 5.75 Å². The first kappa shape index (κ1) is 43.1. The molecule has 4 heterocycles. The van der Waals surface area contributed by atoms with Gasteiger partial charge in [-0.2, -0.15) is 8.42 Å². The third-order valence-corrected chi connectivity index (χ3v) is 6.82. The highest BCUT2D eigenvalue weighted by molar-refractivity contribution is 14.0. The Morgan fingerprint density at radius 1 is 1.10 bits per heavy atom. The molecule has 2 aromatic rings. The van der Waals surface area contributed by atoms with Gasteiger partial charge in [-0.3, -0.25) is 19.0 Å². The third-order valence-electron chi connectivity index (χ3n) is 6.82. The van der Waals surface area contributed by atoms with Crippen molar-refractivity contribution in [1.29, 1.82) is 0 Å². The number of unbranched alkanes of at least 4 members (excludes halogenated alkanes) is 2. The molecule has 0 amide bonds. The SMILES string of the molecule is C=C[C@H]1CN2CCC1C[C@H]2[C@H](O)c1ccnc2ccc(OC)cc12.CCCC.CCCC.I.O.O.O=S(=O)(O)O. The van der Waals surface area contributed by atoms with E-state index in [-0.39, 0.29) is 41.0 Å². The number of methoxy groups -OCH3 is 1. The molecule has 5 atom stereocenters. The number of fused-ring (bicyclic) bond motifs is 4. The molecule has 40 heavy (non-hydrogen) atoms. The van der Waals surface area contributed by atoms with E-state index in [1.54, 1.807) is 13.3 Å². The van der Waals surface area contributed by atoms with Gasteiger partial charge in [0.05, 0.1) is 18.7 Å². The van der Waals surface area contributed by atoms with Gasteiger partial charge in [0.2, 0.25) is 0 Å². The van der Waals surface area contributed by atoms with E-state index >= 15 is 0 Å². The molecule has 0 saturated carbocycles. The number of piperidine rings is 3. The number of aliphatic hydroxyl groups excluding tert-OH is 1. The van der Waals surface area contributed by atoms with Crippen molar-refractivity contribution in [2.45, 2.75) is 78.4 Å². The summed E-state index contributed by atoms with van der Waals surface area (Å²) in [5.74, 6) is 2.01. The minimum absolute atomic E-state index is 0. The molecular formula is C28H51IN2O8S. The van der Waals surface area contributed by atoms with Crippen LogP contribution in [0.15, 0.2) is 43.1 Å². The zero-order chi connectivity index (χ0) is 28.0. The molecule has 0 spiro atoms. The van der Waals surface area contributed by atoms with E-state index in [4.69, 9.17) is 22.3 Å². The summed E-state index contributed by atoms with van der Waals surface area (Å²) in [6.07, 6.45) is 10.9. The number of benzene rings is 1. The molecule has 12 heteroatoms. The standard InChI is InChI=1S/C20H24N2O2.2C4H10.HI.H2O4S.2H2O/c1-3-13-12-22-9-7-14(13)10-19(22)20(23)16-6-8-21-18-5-4-15(24-2)11-17(16)18;2*1-3-4-2;;1-5(2,3)4;;/h3-6,8,11,13-14,19-20,23H,1,7,9-10,12H2,2H3;2*3-4H2,1-2H3;1H;(H2,1,2,3,4);2*1H2/t13-,14?,19-,20+;;;;;;/m0....../s1. The van der Waals surface area contributed by atoms with Crippen molar-refractivity contribution in [2.24, 2.45) is 11.8 Å². The number of hydrogen-bond donors (Lipinski definition) is 3. The number of aromatic nitrogens is 1. The summed E-state index contributed by atoms with van der Waals surface area (Å²) in [5.41, 5.74) is 1.85. The smallest absolute Gasteiger partial charge is 0.394 e. The number of pyridine rings is 1. The fourth-order valence-corrected chi connectivity index (χ4v) is 4.44. The second kappa shape index (κ2) is 22.2. The number of rotatable bonds is 6. The maximum atomic E-state index is 11.2. The average Bonchev–Trinajstić information content (AvgIpc) is 2.91. The predicted molar refractivity (Wildman–Crippen MR) is 173 cm³/mol. The molecule has 10 nitrogen and oxygen atoms in total. The lowest BCUT2D eigenvalue weighted by Gasteiger charge is -2.50. The van der Waals surface area contributed by atoms with Crippen molar-refractivity contribution in [3.63, 3.8) is 0 Å². The van der Waals surface area contributed by atoms with Crippen molar-refractivity contribution in [1.82, 2.24) is 9.88 Å².